The summed E-state index contributed by atoms with van der Waals surface area (Å²) in [5.74, 6) is 1.79. The van der Waals surface area contributed by atoms with Crippen LogP contribution in [0.4, 0.5) is 15.3 Å². The maximum absolute atomic E-state index is 13.8. The summed E-state index contributed by atoms with van der Waals surface area (Å²) in [4.78, 5) is 67.9. The monoisotopic (exact) mass is 956 g/mol. The van der Waals surface area contributed by atoms with Crippen molar-refractivity contribution in [1.29, 1.82) is 0 Å². The molecule has 0 unspecified atom stereocenters. The maximum atomic E-state index is 13.8. The highest BCUT2D eigenvalue weighted by atomic mass is 16.5. The third-order valence-electron chi connectivity index (χ3n) is 14.1. The zero-order valence-corrected chi connectivity index (χ0v) is 42.0. The standard InChI is InChI=1S/C53H69N11O6/c1-10-70-52(68)55-44(32(4)5)50(66)63-30-12-14-42(63)48-57-46(59-61-48)36-21-17-34(18-22-36)40-28-27-39(64(40)38-25-23-37(24-26-38)53(6,7)8)33-15-19-35(20-16-33)45-56-47(60-58-45)41-13-11-29-62(41)49(65)43(31(2)3)54-51(67)69-9/h15-26,31-32,39-44H,10-14,27-30H2,1-9H3,(H,54,67)(H,55,68)(H,56,58,60)(H,57,59,61)/t39-,40-,41-,42-,43-,44-/m0/s1. The van der Waals surface area contributed by atoms with E-state index in [0.717, 1.165) is 55.3 Å². The van der Waals surface area contributed by atoms with Gasteiger partial charge in [0.05, 0.1) is 37.9 Å². The van der Waals surface area contributed by atoms with Crippen LogP contribution < -0.4 is 15.5 Å². The molecule has 0 radical (unpaired) electrons. The van der Waals surface area contributed by atoms with Crippen molar-refractivity contribution < 1.29 is 28.7 Å². The van der Waals surface area contributed by atoms with Gasteiger partial charge >= 0.3 is 12.2 Å². The van der Waals surface area contributed by atoms with Crippen molar-refractivity contribution in [3.63, 3.8) is 0 Å². The first-order chi connectivity index (χ1) is 33.6. The fourth-order valence-electron chi connectivity index (χ4n) is 10.3. The smallest absolute Gasteiger partial charge is 0.407 e. The van der Waals surface area contributed by atoms with Crippen LogP contribution >= 0.6 is 0 Å². The van der Waals surface area contributed by atoms with Crippen LogP contribution in [-0.4, -0.2) is 103 Å². The number of nitrogens with one attached hydrogen (secondary N) is 4. The first-order valence-electron chi connectivity index (χ1n) is 24.9. The summed E-state index contributed by atoms with van der Waals surface area (Å²) < 4.78 is 9.89. The number of amides is 4. The van der Waals surface area contributed by atoms with Crippen LogP contribution in [0.5, 0.6) is 0 Å². The van der Waals surface area contributed by atoms with E-state index in [2.05, 4.69) is 129 Å². The minimum absolute atomic E-state index is 0.0154. The molecular formula is C53H69N11O6. The van der Waals surface area contributed by atoms with Crippen LogP contribution in [-0.2, 0) is 24.5 Å². The lowest BCUT2D eigenvalue weighted by Gasteiger charge is -2.34. The first kappa shape index (κ1) is 49.6. The molecule has 0 bridgehead atoms. The van der Waals surface area contributed by atoms with Gasteiger partial charge in [0.2, 0.25) is 11.8 Å². The molecule has 3 aliphatic rings. The second kappa shape index (κ2) is 21.1. The average Bonchev–Trinajstić information content (AvgIpc) is 4.21. The minimum Gasteiger partial charge on any atom is -0.453 e. The lowest BCUT2D eigenvalue weighted by Crippen LogP contribution is -2.51. The van der Waals surface area contributed by atoms with E-state index in [9.17, 15) is 19.2 Å². The van der Waals surface area contributed by atoms with E-state index in [-0.39, 0.29) is 59.8 Å². The Hall–Kier alpha value is -6.78. The highest BCUT2D eigenvalue weighted by Crippen LogP contribution is 2.48. The van der Waals surface area contributed by atoms with E-state index in [4.69, 9.17) is 19.4 Å². The Bertz CT molecular complexity index is 2600. The Balaban J connectivity index is 0.997. The molecule has 17 nitrogen and oxygen atoms in total. The number of hydrogen-bond acceptors (Lipinski definition) is 11. The van der Waals surface area contributed by atoms with E-state index < -0.39 is 24.3 Å². The van der Waals surface area contributed by atoms with Crippen LogP contribution in [0.1, 0.15) is 146 Å². The van der Waals surface area contributed by atoms with Crippen molar-refractivity contribution in [3.05, 3.63) is 101 Å². The average molecular weight is 956 g/mol. The van der Waals surface area contributed by atoms with Crippen molar-refractivity contribution >= 4 is 29.7 Å². The normalized spacial score (nSPS) is 20.2. The Kier molecular flexibility index (Phi) is 14.9. The molecule has 2 aromatic heterocycles. The summed E-state index contributed by atoms with van der Waals surface area (Å²) in [6, 6.07) is 24.2. The third kappa shape index (κ3) is 10.5. The van der Waals surface area contributed by atoms with Gasteiger partial charge in [-0.05, 0) is 91.5 Å². The second-order valence-electron chi connectivity index (χ2n) is 20.5. The largest absolute Gasteiger partial charge is 0.453 e. The van der Waals surface area contributed by atoms with Gasteiger partial charge in [0.15, 0.2) is 11.6 Å². The van der Waals surface area contributed by atoms with Gasteiger partial charge in [-0.25, -0.2) is 19.6 Å². The molecule has 3 saturated heterocycles. The number of methoxy groups -OCH3 is 1. The van der Waals surface area contributed by atoms with Gasteiger partial charge in [0, 0.05) is 29.9 Å². The summed E-state index contributed by atoms with van der Waals surface area (Å²) in [6.45, 7) is 17.4. The van der Waals surface area contributed by atoms with Gasteiger partial charge in [0.1, 0.15) is 23.7 Å². The number of ether oxygens (including phenoxy) is 2. The predicted molar refractivity (Wildman–Crippen MR) is 266 cm³/mol. The van der Waals surface area contributed by atoms with Gasteiger partial charge in [0.25, 0.3) is 0 Å². The Labute approximate surface area is 410 Å². The number of carbonyl (C=O) groups excluding carboxylic acids is 4. The van der Waals surface area contributed by atoms with Crippen molar-refractivity contribution in [3.8, 4) is 22.8 Å². The zero-order valence-electron chi connectivity index (χ0n) is 42.0. The Morgan fingerprint density at radius 3 is 1.49 bits per heavy atom. The number of carbonyl (C=O) groups is 4. The van der Waals surface area contributed by atoms with Gasteiger partial charge in [-0.15, -0.1) is 0 Å². The molecule has 0 saturated carbocycles. The number of alkyl carbamates (subject to hydrolysis) is 2. The third-order valence-corrected chi connectivity index (χ3v) is 14.1. The predicted octanol–water partition coefficient (Wildman–Crippen LogP) is 9.12. The fourth-order valence-corrected chi connectivity index (χ4v) is 10.3. The molecule has 3 aliphatic heterocycles. The zero-order chi connectivity index (χ0) is 49.9. The van der Waals surface area contributed by atoms with Crippen molar-refractivity contribution in [2.24, 2.45) is 11.8 Å². The van der Waals surface area contributed by atoms with E-state index in [1.807, 2.05) is 27.7 Å². The van der Waals surface area contributed by atoms with E-state index in [1.165, 1.54) is 23.8 Å². The number of likely N-dealkylation sites (tertiary alicyclic amines) is 2. The van der Waals surface area contributed by atoms with Gasteiger partial charge < -0.3 is 34.8 Å². The van der Waals surface area contributed by atoms with Crippen molar-refractivity contribution in [2.45, 2.75) is 136 Å². The second-order valence-corrected chi connectivity index (χ2v) is 20.5. The van der Waals surface area contributed by atoms with Crippen LogP contribution in [0, 0.1) is 11.8 Å². The van der Waals surface area contributed by atoms with Crippen molar-refractivity contribution in [1.82, 2.24) is 50.8 Å². The molecule has 6 atom stereocenters. The topological polar surface area (TPSA) is 204 Å². The molecule has 4 N–H and O–H groups in total. The van der Waals surface area contributed by atoms with Gasteiger partial charge in [-0.2, -0.15) is 10.2 Å². The van der Waals surface area contributed by atoms with Gasteiger partial charge in [-0.1, -0.05) is 109 Å². The van der Waals surface area contributed by atoms with E-state index in [1.54, 1.807) is 16.7 Å². The summed E-state index contributed by atoms with van der Waals surface area (Å²) in [6.07, 6.45) is 3.77. The SMILES string of the molecule is CCOC(=O)N[C@H](C(=O)N1CCC[C@H]1c1nc(-c2ccc([C@@H]3CC[C@@H](c4ccc(-c5n[nH]c([C@@H]6CCCN6C(=O)[C@@H](NC(=O)OC)C(C)C)n5)cc4)N3c3ccc(C(C)(C)C)cc3)cc2)n[nH]1)C(C)C. The van der Waals surface area contributed by atoms with Crippen LogP contribution in [0.3, 0.4) is 0 Å². The Morgan fingerprint density at radius 2 is 1.09 bits per heavy atom. The van der Waals surface area contributed by atoms with Crippen LogP contribution in [0.15, 0.2) is 72.8 Å². The number of hydrogen-bond donors (Lipinski definition) is 4. The lowest BCUT2D eigenvalue weighted by atomic mass is 9.87. The number of rotatable bonds is 14. The lowest BCUT2D eigenvalue weighted by molar-refractivity contribution is -0.136. The maximum Gasteiger partial charge on any atom is 0.407 e. The molecule has 5 aromatic rings. The number of benzene rings is 3. The fraction of sp³-hybridized carbons (Fsp3) is 0.509. The molecule has 372 valence electrons. The van der Waals surface area contributed by atoms with E-state index in [0.29, 0.717) is 36.4 Å². The molecule has 17 heteroatoms. The number of anilines is 1. The quantitative estimate of drug-likeness (QED) is 0.0827. The molecule has 4 amide bonds. The number of nitrogens with zero attached hydrogens (tertiary/aromatic N) is 7. The molecule has 5 heterocycles. The number of H-pyrrole nitrogens is 2. The summed E-state index contributed by atoms with van der Waals surface area (Å²) in [5, 5.41) is 20.9. The molecule has 70 heavy (non-hydrogen) atoms. The molecule has 3 aromatic carbocycles. The molecular weight excluding hydrogens is 887 g/mol. The summed E-state index contributed by atoms with van der Waals surface area (Å²) in [5.41, 5.74) is 6.55. The highest BCUT2D eigenvalue weighted by Gasteiger charge is 2.40. The molecule has 0 spiro atoms. The van der Waals surface area contributed by atoms with E-state index >= 15 is 0 Å². The van der Waals surface area contributed by atoms with Crippen molar-refractivity contribution in [2.75, 3.05) is 31.7 Å². The first-order valence-corrected chi connectivity index (χ1v) is 24.9. The summed E-state index contributed by atoms with van der Waals surface area (Å²) >= 11 is 0. The summed E-state index contributed by atoms with van der Waals surface area (Å²) in [7, 11) is 1.29. The highest BCUT2D eigenvalue weighted by molar-refractivity contribution is 5.87. The molecule has 8 rings (SSSR count). The minimum atomic E-state index is -0.718. The molecule has 3 fully saturated rings. The van der Waals surface area contributed by atoms with Crippen LogP contribution in [0.2, 0.25) is 0 Å². The number of aromatic nitrogens is 6. The van der Waals surface area contributed by atoms with Crippen LogP contribution in [0.25, 0.3) is 22.8 Å². The number of aromatic amines is 2. The Morgan fingerprint density at radius 1 is 0.643 bits per heavy atom. The molecule has 0 aliphatic carbocycles. The van der Waals surface area contributed by atoms with Gasteiger partial charge in [-0.3, -0.25) is 19.8 Å².